The molecule has 0 heterocycles. The Hall–Kier alpha value is -0.320. The highest BCUT2D eigenvalue weighted by Gasteiger charge is 2.07. The number of hydrogen-bond acceptors (Lipinski definition) is 2. The first kappa shape index (κ1) is 15.7. The van der Waals surface area contributed by atoms with E-state index in [2.05, 4.69) is 73.4 Å². The van der Waals surface area contributed by atoms with E-state index in [0.29, 0.717) is 4.05 Å². The Labute approximate surface area is 113 Å². The van der Waals surface area contributed by atoms with Crippen molar-refractivity contribution in [3.63, 3.8) is 0 Å². The Morgan fingerprint density at radius 2 is 2.06 bits per heavy atom. The predicted molar refractivity (Wildman–Crippen MR) is 82.1 cm³/mol. The van der Waals surface area contributed by atoms with Crippen LogP contribution in [0.2, 0.25) is 0 Å². The number of hydrogen-bond donors (Lipinski definition) is 1. The van der Waals surface area contributed by atoms with Gasteiger partial charge in [0.05, 0.1) is 4.05 Å². The first-order valence-corrected chi connectivity index (χ1v) is 7.12. The van der Waals surface area contributed by atoms with E-state index >= 15 is 0 Å². The normalized spacial score (nSPS) is 15.4. The van der Waals surface area contributed by atoms with Crippen LogP contribution in [0.3, 0.4) is 0 Å². The van der Waals surface area contributed by atoms with E-state index in [-0.39, 0.29) is 0 Å². The SMILES string of the molecule is C=N/C(NC(I)CC)=C(C)\C(=C/CC)CC. The van der Waals surface area contributed by atoms with Crippen LogP contribution in [0.15, 0.2) is 28.0 Å². The molecule has 0 aliphatic carbocycles. The van der Waals surface area contributed by atoms with Crippen LogP contribution in [0.25, 0.3) is 0 Å². The zero-order valence-electron chi connectivity index (χ0n) is 10.8. The summed E-state index contributed by atoms with van der Waals surface area (Å²) in [6.45, 7) is 12.2. The van der Waals surface area contributed by atoms with E-state index in [1.807, 2.05) is 0 Å². The molecule has 0 saturated carbocycles. The van der Waals surface area contributed by atoms with Crippen molar-refractivity contribution < 1.29 is 0 Å². The second-order valence-electron chi connectivity index (χ2n) is 3.64. The van der Waals surface area contributed by atoms with E-state index in [4.69, 9.17) is 0 Å². The highest BCUT2D eigenvalue weighted by atomic mass is 127. The molecule has 1 unspecified atom stereocenters. The van der Waals surface area contributed by atoms with Crippen LogP contribution >= 0.6 is 22.6 Å². The largest absolute Gasteiger partial charge is 0.358 e. The van der Waals surface area contributed by atoms with Crippen LogP contribution in [-0.4, -0.2) is 10.8 Å². The molecule has 0 spiro atoms. The maximum absolute atomic E-state index is 4.10. The van der Waals surface area contributed by atoms with Crippen molar-refractivity contribution in [2.45, 2.75) is 51.0 Å². The minimum Gasteiger partial charge on any atom is -0.358 e. The molecule has 0 bridgehead atoms. The van der Waals surface area contributed by atoms with Gasteiger partial charge in [0.25, 0.3) is 0 Å². The smallest absolute Gasteiger partial charge is 0.129 e. The molecule has 0 amide bonds. The van der Waals surface area contributed by atoms with Crippen molar-refractivity contribution in [1.29, 1.82) is 0 Å². The first-order valence-electron chi connectivity index (χ1n) is 5.88. The molecule has 92 valence electrons. The summed E-state index contributed by atoms with van der Waals surface area (Å²) in [5, 5.41) is 3.39. The molecular weight excluding hydrogens is 311 g/mol. The molecule has 0 aliphatic rings. The summed E-state index contributed by atoms with van der Waals surface area (Å²) in [4.78, 5) is 4.10. The van der Waals surface area contributed by atoms with E-state index in [1.165, 1.54) is 11.1 Å². The molecule has 0 rings (SSSR count). The fourth-order valence-corrected chi connectivity index (χ4v) is 1.78. The van der Waals surface area contributed by atoms with Gasteiger partial charge in [-0.05, 0) is 44.0 Å². The summed E-state index contributed by atoms with van der Waals surface area (Å²) in [6, 6.07) is 0. The summed E-state index contributed by atoms with van der Waals surface area (Å²) in [7, 11) is 0. The maximum Gasteiger partial charge on any atom is 0.129 e. The third-order valence-corrected chi connectivity index (χ3v) is 3.67. The lowest BCUT2D eigenvalue weighted by Crippen LogP contribution is -2.22. The third-order valence-electron chi connectivity index (χ3n) is 2.48. The molecule has 1 atom stereocenters. The quantitative estimate of drug-likeness (QED) is 0.241. The van der Waals surface area contributed by atoms with Gasteiger partial charge in [0.2, 0.25) is 0 Å². The Morgan fingerprint density at radius 1 is 1.44 bits per heavy atom. The van der Waals surface area contributed by atoms with E-state index in [0.717, 1.165) is 25.1 Å². The minimum absolute atomic E-state index is 0.410. The van der Waals surface area contributed by atoms with Crippen molar-refractivity contribution in [3.8, 4) is 0 Å². The lowest BCUT2D eigenvalue weighted by atomic mass is 10.0. The summed E-state index contributed by atoms with van der Waals surface area (Å²) in [5.74, 6) is 0.919. The number of rotatable bonds is 7. The zero-order valence-corrected chi connectivity index (χ0v) is 13.0. The topological polar surface area (TPSA) is 24.4 Å². The summed E-state index contributed by atoms with van der Waals surface area (Å²) >= 11 is 2.38. The fraction of sp³-hybridized carbons (Fsp3) is 0.615. The standard InChI is InChI=1S/C13H23IN2/c1-6-9-11(7-2)10(4)13(15-5)16-12(14)8-3/h9,12,16H,5-8H2,1-4H3/b11-9-,13-10+. The van der Waals surface area contributed by atoms with Crippen LogP contribution < -0.4 is 5.32 Å². The lowest BCUT2D eigenvalue weighted by Gasteiger charge is -2.15. The fourth-order valence-electron chi connectivity index (χ4n) is 1.48. The van der Waals surface area contributed by atoms with Crippen LogP contribution in [0.4, 0.5) is 0 Å². The summed E-state index contributed by atoms with van der Waals surface area (Å²) in [5.41, 5.74) is 2.58. The predicted octanol–water partition coefficient (Wildman–Crippen LogP) is 4.43. The highest BCUT2D eigenvalue weighted by molar-refractivity contribution is 14.1. The number of alkyl halides is 1. The zero-order chi connectivity index (χ0) is 12.6. The average molecular weight is 334 g/mol. The Kier molecular flexibility index (Phi) is 8.61. The van der Waals surface area contributed by atoms with E-state index in [9.17, 15) is 0 Å². The molecule has 0 aromatic heterocycles. The molecule has 0 aromatic rings. The molecule has 0 saturated heterocycles. The van der Waals surface area contributed by atoms with Gasteiger partial charge in [-0.25, -0.2) is 4.99 Å². The Balaban J connectivity index is 4.97. The highest BCUT2D eigenvalue weighted by Crippen LogP contribution is 2.19. The molecule has 16 heavy (non-hydrogen) atoms. The van der Waals surface area contributed by atoms with Crippen LogP contribution in [0.1, 0.15) is 47.0 Å². The second kappa shape index (κ2) is 8.79. The first-order chi connectivity index (χ1) is 7.60. The van der Waals surface area contributed by atoms with E-state index < -0.39 is 0 Å². The number of aliphatic imine (C=N–C) groups is 1. The van der Waals surface area contributed by atoms with Crippen LogP contribution in [0.5, 0.6) is 0 Å². The number of nitrogens with zero attached hydrogens (tertiary/aromatic N) is 1. The Morgan fingerprint density at radius 3 is 2.44 bits per heavy atom. The minimum atomic E-state index is 0.410. The molecule has 3 heteroatoms. The van der Waals surface area contributed by atoms with Gasteiger partial charge < -0.3 is 5.32 Å². The van der Waals surface area contributed by atoms with Crippen molar-refractivity contribution in [2.24, 2.45) is 4.99 Å². The van der Waals surface area contributed by atoms with Crippen LogP contribution in [0, 0.1) is 0 Å². The molecule has 0 fully saturated rings. The molecule has 2 nitrogen and oxygen atoms in total. The summed E-state index contributed by atoms with van der Waals surface area (Å²) in [6.07, 6.45) is 5.44. The van der Waals surface area contributed by atoms with Gasteiger partial charge in [0, 0.05) is 0 Å². The number of allylic oxidation sites excluding steroid dienone is 3. The maximum atomic E-state index is 4.10. The molecule has 0 aliphatic heterocycles. The number of nitrogens with one attached hydrogen (secondary N) is 1. The molecule has 1 N–H and O–H groups in total. The van der Waals surface area contributed by atoms with Crippen molar-refractivity contribution >= 4 is 29.3 Å². The average Bonchev–Trinajstić information content (AvgIpc) is 2.31. The van der Waals surface area contributed by atoms with Crippen molar-refractivity contribution in [2.75, 3.05) is 0 Å². The van der Waals surface area contributed by atoms with Gasteiger partial charge in [0.1, 0.15) is 5.82 Å². The lowest BCUT2D eigenvalue weighted by molar-refractivity contribution is 0.728. The summed E-state index contributed by atoms with van der Waals surface area (Å²) < 4.78 is 0.410. The monoisotopic (exact) mass is 334 g/mol. The van der Waals surface area contributed by atoms with Crippen LogP contribution in [-0.2, 0) is 0 Å². The molecule has 0 aromatic carbocycles. The molecule has 0 radical (unpaired) electrons. The van der Waals surface area contributed by atoms with Gasteiger partial charge in [-0.2, -0.15) is 0 Å². The van der Waals surface area contributed by atoms with Crippen molar-refractivity contribution in [1.82, 2.24) is 5.32 Å². The van der Waals surface area contributed by atoms with Gasteiger partial charge in [0.15, 0.2) is 0 Å². The Bertz CT molecular complexity index is 280. The van der Waals surface area contributed by atoms with Crippen molar-refractivity contribution in [3.05, 3.63) is 23.0 Å². The van der Waals surface area contributed by atoms with Gasteiger partial charge >= 0.3 is 0 Å². The van der Waals surface area contributed by atoms with Gasteiger partial charge in [-0.1, -0.05) is 49.4 Å². The van der Waals surface area contributed by atoms with E-state index in [1.54, 1.807) is 0 Å². The molecular formula is C13H23IN2. The second-order valence-corrected chi connectivity index (χ2v) is 5.15. The van der Waals surface area contributed by atoms with Gasteiger partial charge in [-0.15, -0.1) is 0 Å². The number of halogens is 1. The van der Waals surface area contributed by atoms with Gasteiger partial charge in [-0.3, -0.25) is 0 Å². The third kappa shape index (κ3) is 5.14.